The van der Waals surface area contributed by atoms with Crippen molar-refractivity contribution in [1.82, 2.24) is 0 Å². The van der Waals surface area contributed by atoms with E-state index in [4.69, 9.17) is 0 Å². The number of ketones is 1. The molecule has 5 atom stereocenters. The lowest BCUT2D eigenvalue weighted by Gasteiger charge is -2.55. The summed E-state index contributed by atoms with van der Waals surface area (Å²) in [5, 5.41) is 21.4. The summed E-state index contributed by atoms with van der Waals surface area (Å²) in [6.07, 6.45) is 9.68. The summed E-state index contributed by atoms with van der Waals surface area (Å²) in [6, 6.07) is 8.98. The molecule has 0 aliphatic heterocycles. The number of hydrogen-bond acceptors (Lipinski definition) is 4. The fourth-order valence-electron chi connectivity index (χ4n) is 7.84. The van der Waals surface area contributed by atoms with Crippen molar-refractivity contribution >= 4 is 11.5 Å². The van der Waals surface area contributed by atoms with Crippen molar-refractivity contribution in [2.75, 3.05) is 25.6 Å². The van der Waals surface area contributed by atoms with Crippen LogP contribution >= 0.6 is 0 Å². The smallest absolute Gasteiger partial charge is 0.156 e. The van der Waals surface area contributed by atoms with Crippen LogP contribution < -0.4 is 4.90 Å². The van der Waals surface area contributed by atoms with Crippen LogP contribution in [0.4, 0.5) is 5.69 Å². The quantitative estimate of drug-likeness (QED) is 0.652. The molecule has 4 nitrogen and oxygen atoms in total. The maximum atomic E-state index is 12.2. The molecule has 1 aromatic rings. The van der Waals surface area contributed by atoms with Crippen LogP contribution in [0, 0.1) is 17.3 Å². The summed E-state index contributed by atoms with van der Waals surface area (Å²) in [5.74, 6) is 1.50. The molecular formula is C29H39NO3. The number of benzene rings is 1. The van der Waals surface area contributed by atoms with Gasteiger partial charge in [-0.2, -0.15) is 0 Å². The van der Waals surface area contributed by atoms with E-state index in [1.807, 2.05) is 6.08 Å². The molecular weight excluding hydrogens is 410 g/mol. The molecule has 0 amide bonds. The highest BCUT2D eigenvalue weighted by molar-refractivity contribution is 5.93. The van der Waals surface area contributed by atoms with Crippen LogP contribution in [0.2, 0.25) is 0 Å². The van der Waals surface area contributed by atoms with Gasteiger partial charge in [-0.05, 0) is 98.1 Å². The molecule has 33 heavy (non-hydrogen) atoms. The van der Waals surface area contributed by atoms with Gasteiger partial charge in [-0.15, -0.1) is 0 Å². The lowest BCUT2D eigenvalue weighted by molar-refractivity contribution is -0.114. The number of hydrogen-bond donors (Lipinski definition) is 2. The van der Waals surface area contributed by atoms with Crippen molar-refractivity contribution in [3.63, 3.8) is 0 Å². The van der Waals surface area contributed by atoms with Gasteiger partial charge in [-0.1, -0.05) is 24.6 Å². The molecule has 0 bridgehead atoms. The van der Waals surface area contributed by atoms with Crippen molar-refractivity contribution in [1.29, 1.82) is 0 Å². The highest BCUT2D eigenvalue weighted by Gasteiger charge is 2.62. The molecule has 0 unspecified atom stereocenters. The predicted octanol–water partition coefficient (Wildman–Crippen LogP) is 5.16. The van der Waals surface area contributed by atoms with Crippen molar-refractivity contribution in [2.45, 2.75) is 76.2 Å². The van der Waals surface area contributed by atoms with Gasteiger partial charge in [0, 0.05) is 44.1 Å². The average molecular weight is 450 g/mol. The van der Waals surface area contributed by atoms with E-state index < -0.39 is 5.60 Å². The summed E-state index contributed by atoms with van der Waals surface area (Å²) >= 11 is 0. The van der Waals surface area contributed by atoms with Crippen LogP contribution in [0.5, 0.6) is 0 Å². The Labute approximate surface area is 198 Å². The Morgan fingerprint density at radius 1 is 1.09 bits per heavy atom. The molecule has 4 heteroatoms. The number of carbonyl (C=O) groups excluding carboxylic acids is 1. The first-order valence-corrected chi connectivity index (χ1v) is 12.8. The maximum Gasteiger partial charge on any atom is 0.156 e. The van der Waals surface area contributed by atoms with Gasteiger partial charge in [0.2, 0.25) is 0 Å². The summed E-state index contributed by atoms with van der Waals surface area (Å²) in [4.78, 5) is 14.3. The average Bonchev–Trinajstić information content (AvgIpc) is 3.07. The zero-order valence-electron chi connectivity index (χ0n) is 20.4. The third kappa shape index (κ3) is 3.61. The van der Waals surface area contributed by atoms with Crippen LogP contribution in [0.3, 0.4) is 0 Å². The highest BCUT2D eigenvalue weighted by atomic mass is 16.3. The number of nitrogens with zero attached hydrogens (tertiary/aromatic N) is 1. The van der Waals surface area contributed by atoms with Crippen molar-refractivity contribution in [3.05, 3.63) is 52.6 Å². The zero-order chi connectivity index (χ0) is 23.4. The Bertz CT molecular complexity index is 991. The molecule has 178 valence electrons. The van der Waals surface area contributed by atoms with E-state index in [2.05, 4.69) is 50.2 Å². The van der Waals surface area contributed by atoms with Gasteiger partial charge in [0.05, 0.1) is 5.60 Å². The topological polar surface area (TPSA) is 60.8 Å². The van der Waals surface area contributed by atoms with E-state index in [0.29, 0.717) is 31.1 Å². The van der Waals surface area contributed by atoms with Gasteiger partial charge in [-0.25, -0.2) is 0 Å². The van der Waals surface area contributed by atoms with E-state index in [1.165, 1.54) is 22.4 Å². The largest absolute Gasteiger partial charge is 0.396 e. The molecule has 0 spiro atoms. The molecule has 0 aromatic heterocycles. The second-order valence-electron chi connectivity index (χ2n) is 11.4. The van der Waals surface area contributed by atoms with E-state index in [0.717, 1.165) is 38.5 Å². The number of aliphatic hydroxyl groups is 2. The van der Waals surface area contributed by atoms with E-state index in [-0.39, 0.29) is 23.7 Å². The predicted molar refractivity (Wildman–Crippen MR) is 132 cm³/mol. The van der Waals surface area contributed by atoms with Crippen LogP contribution in [0.1, 0.15) is 76.2 Å². The Morgan fingerprint density at radius 3 is 2.55 bits per heavy atom. The lowest BCUT2D eigenvalue weighted by atomic mass is 9.51. The van der Waals surface area contributed by atoms with Gasteiger partial charge in [0.1, 0.15) is 0 Å². The Morgan fingerprint density at radius 2 is 1.85 bits per heavy atom. The fraction of sp³-hybridized carbons (Fsp3) is 0.621. The number of anilines is 1. The number of fused-ring (bicyclic) bond motifs is 4. The first kappa shape index (κ1) is 22.9. The third-order valence-electron chi connectivity index (χ3n) is 9.62. The lowest BCUT2D eigenvalue weighted by Crippen LogP contribution is -2.51. The molecule has 2 saturated carbocycles. The standard InChI is InChI=1S/C29H39NO3/c1-28-18-25(19-5-8-21(9-6-19)30(2)3)27-23-12-10-22(32)17-20(23)7-11-24(27)26(28)13-15-29(28,33)14-4-16-31/h5-6,8-9,17,24-26,31,33H,4,7,10-16,18H2,1-3H3/t24-,25-,26+,28-,29-/m1/s1. The maximum absolute atomic E-state index is 12.2. The monoisotopic (exact) mass is 449 g/mol. The van der Waals surface area contributed by atoms with Gasteiger partial charge in [0.15, 0.2) is 5.78 Å². The summed E-state index contributed by atoms with van der Waals surface area (Å²) in [5.41, 5.74) is 5.98. The highest BCUT2D eigenvalue weighted by Crippen LogP contribution is 2.67. The van der Waals surface area contributed by atoms with Crippen molar-refractivity contribution in [2.24, 2.45) is 17.3 Å². The number of aliphatic hydroxyl groups excluding tert-OH is 1. The van der Waals surface area contributed by atoms with Gasteiger partial charge < -0.3 is 15.1 Å². The minimum atomic E-state index is -0.711. The number of carbonyl (C=O) groups is 1. The van der Waals surface area contributed by atoms with Crippen LogP contribution in [0.15, 0.2) is 47.1 Å². The second kappa shape index (κ2) is 8.39. The van der Waals surface area contributed by atoms with Crippen LogP contribution in [0.25, 0.3) is 0 Å². The molecule has 4 aliphatic rings. The number of allylic oxidation sites excluding steroid dienone is 4. The van der Waals surface area contributed by atoms with Gasteiger partial charge in [-0.3, -0.25) is 4.79 Å². The molecule has 2 N–H and O–H groups in total. The SMILES string of the molecule is CN(C)c1ccc([C@H]2C[C@]3(C)[C@@H](CC[C@]3(O)CCCO)[C@H]3CCC4=CC(=O)CCC4=C23)cc1. The zero-order valence-corrected chi connectivity index (χ0v) is 20.4. The Kier molecular flexibility index (Phi) is 5.81. The Hall–Kier alpha value is -1.91. The molecule has 1 aromatic carbocycles. The first-order chi connectivity index (χ1) is 15.8. The van der Waals surface area contributed by atoms with Gasteiger partial charge in [0.25, 0.3) is 0 Å². The minimum absolute atomic E-state index is 0.138. The molecule has 4 aliphatic carbocycles. The van der Waals surface area contributed by atoms with Crippen LogP contribution in [-0.2, 0) is 4.79 Å². The summed E-state index contributed by atoms with van der Waals surface area (Å²) < 4.78 is 0. The molecule has 0 heterocycles. The van der Waals surface area contributed by atoms with Gasteiger partial charge >= 0.3 is 0 Å². The molecule has 5 rings (SSSR count). The number of rotatable bonds is 5. The fourth-order valence-corrected chi connectivity index (χ4v) is 7.84. The second-order valence-corrected chi connectivity index (χ2v) is 11.4. The molecule has 0 radical (unpaired) electrons. The third-order valence-corrected chi connectivity index (χ3v) is 9.62. The van der Waals surface area contributed by atoms with E-state index >= 15 is 0 Å². The van der Waals surface area contributed by atoms with E-state index in [9.17, 15) is 15.0 Å². The summed E-state index contributed by atoms with van der Waals surface area (Å²) in [6.45, 7) is 2.47. The minimum Gasteiger partial charge on any atom is -0.396 e. The first-order valence-electron chi connectivity index (χ1n) is 12.8. The molecule has 2 fully saturated rings. The summed E-state index contributed by atoms with van der Waals surface area (Å²) in [7, 11) is 4.14. The van der Waals surface area contributed by atoms with Crippen molar-refractivity contribution < 1.29 is 15.0 Å². The molecule has 0 saturated heterocycles. The van der Waals surface area contributed by atoms with E-state index in [1.54, 1.807) is 5.57 Å². The normalized spacial score (nSPS) is 35.6. The van der Waals surface area contributed by atoms with Crippen molar-refractivity contribution in [3.8, 4) is 0 Å². The Balaban J connectivity index is 1.62. The van der Waals surface area contributed by atoms with Crippen LogP contribution in [-0.4, -0.2) is 42.3 Å².